The van der Waals surface area contributed by atoms with E-state index in [-0.39, 0.29) is 24.0 Å². The fourth-order valence-corrected chi connectivity index (χ4v) is 3.32. The van der Waals surface area contributed by atoms with Gasteiger partial charge in [0.1, 0.15) is 6.07 Å². The standard InChI is InChI=1S/C20H29N5O.HI/c1-22-20(23-10-12-26-15-16-8-9-16)24-18-6-4-11-25(14-18)19-7-3-2-5-17(19)13-21;/h2-3,5,7,16,18H,4,6,8-12,14-15H2,1H3,(H2,22,23,24);1H. The smallest absolute Gasteiger partial charge is 0.191 e. The number of hydrogen-bond donors (Lipinski definition) is 2. The first kappa shape index (κ1) is 21.8. The molecule has 0 spiro atoms. The number of halogens is 1. The van der Waals surface area contributed by atoms with Crippen molar-refractivity contribution in [3.63, 3.8) is 0 Å². The Morgan fingerprint density at radius 1 is 1.33 bits per heavy atom. The number of rotatable bonds is 7. The molecule has 1 atom stereocenters. The van der Waals surface area contributed by atoms with Crippen LogP contribution < -0.4 is 15.5 Å². The van der Waals surface area contributed by atoms with E-state index >= 15 is 0 Å². The molecule has 0 aromatic heterocycles. The molecule has 6 nitrogen and oxygen atoms in total. The molecule has 1 heterocycles. The average Bonchev–Trinajstić information content (AvgIpc) is 3.51. The summed E-state index contributed by atoms with van der Waals surface area (Å²) in [6.07, 6.45) is 4.84. The maximum Gasteiger partial charge on any atom is 0.191 e. The van der Waals surface area contributed by atoms with Gasteiger partial charge in [0.2, 0.25) is 0 Å². The number of benzene rings is 1. The zero-order chi connectivity index (χ0) is 18.2. The van der Waals surface area contributed by atoms with E-state index in [0.717, 1.165) is 62.2 Å². The second kappa shape index (κ2) is 11.3. The van der Waals surface area contributed by atoms with Crippen molar-refractivity contribution in [1.29, 1.82) is 5.26 Å². The van der Waals surface area contributed by atoms with Crippen molar-refractivity contribution in [3.05, 3.63) is 29.8 Å². The first-order valence-electron chi connectivity index (χ1n) is 9.59. The molecule has 3 rings (SSSR count). The fourth-order valence-electron chi connectivity index (χ4n) is 3.32. The van der Waals surface area contributed by atoms with Gasteiger partial charge in [0.15, 0.2) is 5.96 Å². The van der Waals surface area contributed by atoms with Crippen LogP contribution in [0, 0.1) is 17.2 Å². The van der Waals surface area contributed by atoms with E-state index in [2.05, 4.69) is 26.6 Å². The molecule has 2 aliphatic rings. The quantitative estimate of drug-likeness (QED) is 0.270. The van der Waals surface area contributed by atoms with Crippen LogP contribution in [0.3, 0.4) is 0 Å². The minimum atomic E-state index is 0. The number of nitrogens with one attached hydrogen (secondary N) is 2. The molecular formula is C20H30IN5O. The Labute approximate surface area is 179 Å². The van der Waals surface area contributed by atoms with Crippen LogP contribution in [-0.2, 0) is 4.74 Å². The molecule has 0 amide bonds. The predicted octanol–water partition coefficient (Wildman–Crippen LogP) is 2.74. The second-order valence-electron chi connectivity index (χ2n) is 7.08. The van der Waals surface area contributed by atoms with E-state index in [1.165, 1.54) is 12.8 Å². The highest BCUT2D eigenvalue weighted by atomic mass is 127. The number of ether oxygens (including phenoxy) is 1. The molecular weight excluding hydrogens is 453 g/mol. The normalized spacial score (nSPS) is 19.8. The predicted molar refractivity (Wildman–Crippen MR) is 120 cm³/mol. The number of para-hydroxylation sites is 1. The molecule has 2 fully saturated rings. The summed E-state index contributed by atoms with van der Waals surface area (Å²) >= 11 is 0. The Morgan fingerprint density at radius 3 is 2.89 bits per heavy atom. The molecule has 0 bridgehead atoms. The van der Waals surface area contributed by atoms with Gasteiger partial charge in [0.05, 0.1) is 17.9 Å². The minimum Gasteiger partial charge on any atom is -0.379 e. The largest absolute Gasteiger partial charge is 0.379 e. The van der Waals surface area contributed by atoms with Gasteiger partial charge >= 0.3 is 0 Å². The van der Waals surface area contributed by atoms with Gasteiger partial charge in [-0.1, -0.05) is 12.1 Å². The lowest BCUT2D eigenvalue weighted by Gasteiger charge is -2.35. The lowest BCUT2D eigenvalue weighted by molar-refractivity contribution is 0.129. The minimum absolute atomic E-state index is 0. The molecule has 1 saturated carbocycles. The van der Waals surface area contributed by atoms with Gasteiger partial charge in [-0.25, -0.2) is 0 Å². The Kier molecular flexibility index (Phi) is 9.15. The first-order chi connectivity index (χ1) is 12.8. The summed E-state index contributed by atoms with van der Waals surface area (Å²) in [7, 11) is 1.80. The van der Waals surface area contributed by atoms with Gasteiger partial charge < -0.3 is 20.3 Å². The van der Waals surface area contributed by atoms with Crippen LogP contribution in [0.15, 0.2) is 29.3 Å². The third-order valence-corrected chi connectivity index (χ3v) is 4.94. The Morgan fingerprint density at radius 2 is 2.15 bits per heavy atom. The first-order valence-corrected chi connectivity index (χ1v) is 9.59. The monoisotopic (exact) mass is 483 g/mol. The van der Waals surface area contributed by atoms with Gasteiger partial charge in [-0.2, -0.15) is 5.26 Å². The van der Waals surface area contributed by atoms with E-state index in [9.17, 15) is 5.26 Å². The van der Waals surface area contributed by atoms with Crippen LogP contribution in [0.2, 0.25) is 0 Å². The van der Waals surface area contributed by atoms with E-state index in [4.69, 9.17) is 4.74 Å². The van der Waals surface area contributed by atoms with Crippen molar-refractivity contribution < 1.29 is 4.74 Å². The second-order valence-corrected chi connectivity index (χ2v) is 7.08. The number of nitrogens with zero attached hydrogens (tertiary/aromatic N) is 3. The van der Waals surface area contributed by atoms with Crippen molar-refractivity contribution >= 4 is 35.6 Å². The van der Waals surface area contributed by atoms with E-state index in [1.54, 1.807) is 7.05 Å². The molecule has 1 aromatic rings. The zero-order valence-corrected chi connectivity index (χ0v) is 18.3. The number of nitriles is 1. The summed E-state index contributed by atoms with van der Waals surface area (Å²) in [5.74, 6) is 1.62. The van der Waals surface area contributed by atoms with Crippen LogP contribution in [0.25, 0.3) is 0 Å². The fraction of sp³-hybridized carbons (Fsp3) is 0.600. The van der Waals surface area contributed by atoms with Crippen molar-refractivity contribution in [1.82, 2.24) is 10.6 Å². The van der Waals surface area contributed by atoms with Crippen LogP contribution in [0.1, 0.15) is 31.2 Å². The van der Waals surface area contributed by atoms with Gasteiger partial charge in [0.25, 0.3) is 0 Å². The third-order valence-electron chi connectivity index (χ3n) is 4.94. The summed E-state index contributed by atoms with van der Waals surface area (Å²) in [5.41, 5.74) is 1.77. The number of hydrogen-bond acceptors (Lipinski definition) is 4. The molecule has 1 aliphatic heterocycles. The topological polar surface area (TPSA) is 72.7 Å². The highest BCUT2D eigenvalue weighted by molar-refractivity contribution is 14.0. The molecule has 0 radical (unpaired) electrons. The molecule has 7 heteroatoms. The summed E-state index contributed by atoms with van der Waals surface area (Å²) in [5, 5.41) is 16.2. The average molecular weight is 483 g/mol. The third kappa shape index (κ3) is 6.85. The highest BCUT2D eigenvalue weighted by Crippen LogP contribution is 2.28. The molecule has 2 N–H and O–H groups in total. The number of aliphatic imine (C=N–C) groups is 1. The van der Waals surface area contributed by atoms with E-state index in [1.807, 2.05) is 24.3 Å². The highest BCUT2D eigenvalue weighted by Gasteiger charge is 2.23. The number of guanidine groups is 1. The summed E-state index contributed by atoms with van der Waals surface area (Å²) in [6.45, 7) is 4.22. The van der Waals surface area contributed by atoms with E-state index < -0.39 is 0 Å². The van der Waals surface area contributed by atoms with Crippen molar-refractivity contribution in [2.45, 2.75) is 31.7 Å². The van der Waals surface area contributed by atoms with Crippen molar-refractivity contribution in [2.24, 2.45) is 10.9 Å². The Balaban J connectivity index is 0.00000261. The summed E-state index contributed by atoms with van der Waals surface area (Å²) in [4.78, 5) is 6.62. The zero-order valence-electron chi connectivity index (χ0n) is 16.0. The van der Waals surface area contributed by atoms with Gasteiger partial charge in [-0.3, -0.25) is 4.99 Å². The van der Waals surface area contributed by atoms with Crippen LogP contribution in [-0.4, -0.2) is 51.9 Å². The van der Waals surface area contributed by atoms with Crippen molar-refractivity contribution in [2.75, 3.05) is 44.8 Å². The SMILES string of the molecule is CN=C(NCCOCC1CC1)NC1CCCN(c2ccccc2C#N)C1.I. The van der Waals surface area contributed by atoms with Crippen LogP contribution in [0.5, 0.6) is 0 Å². The maximum absolute atomic E-state index is 9.34. The molecule has 1 saturated heterocycles. The lowest BCUT2D eigenvalue weighted by Crippen LogP contribution is -2.51. The lowest BCUT2D eigenvalue weighted by atomic mass is 10.0. The van der Waals surface area contributed by atoms with E-state index in [0.29, 0.717) is 12.6 Å². The Hall–Kier alpha value is -1.53. The van der Waals surface area contributed by atoms with Gasteiger partial charge in [-0.15, -0.1) is 24.0 Å². The molecule has 27 heavy (non-hydrogen) atoms. The van der Waals surface area contributed by atoms with Crippen LogP contribution in [0.4, 0.5) is 5.69 Å². The Bertz CT molecular complexity index is 656. The molecule has 148 valence electrons. The van der Waals surface area contributed by atoms with Gasteiger partial charge in [-0.05, 0) is 43.7 Å². The van der Waals surface area contributed by atoms with Crippen LogP contribution >= 0.6 is 24.0 Å². The summed E-state index contributed by atoms with van der Waals surface area (Å²) < 4.78 is 5.66. The molecule has 1 aliphatic carbocycles. The molecule has 1 unspecified atom stereocenters. The van der Waals surface area contributed by atoms with Crippen molar-refractivity contribution in [3.8, 4) is 6.07 Å². The maximum atomic E-state index is 9.34. The number of anilines is 1. The van der Waals surface area contributed by atoms with Gasteiger partial charge in [0, 0.05) is 39.3 Å². The number of piperidine rings is 1. The summed E-state index contributed by atoms with van der Waals surface area (Å²) in [6, 6.07) is 10.4. The molecule has 1 aromatic carbocycles.